The number of halogens is 3. The predicted molar refractivity (Wildman–Crippen MR) is 98.8 cm³/mol. The molecule has 0 saturated heterocycles. The van der Waals surface area contributed by atoms with Gasteiger partial charge < -0.3 is 9.84 Å². The lowest BCUT2D eigenvalue weighted by atomic mass is 10.1. The van der Waals surface area contributed by atoms with E-state index in [0.717, 1.165) is 17.7 Å². The lowest BCUT2D eigenvalue weighted by Gasteiger charge is -2.10. The molecule has 4 nitrogen and oxygen atoms in total. The second-order valence-corrected chi connectivity index (χ2v) is 5.95. The Morgan fingerprint density at radius 1 is 1.03 bits per heavy atom. The second kappa shape index (κ2) is 8.37. The number of hydrogen-bond donors (Lipinski definition) is 1. The van der Waals surface area contributed by atoms with Crippen molar-refractivity contribution in [1.82, 2.24) is 4.98 Å². The summed E-state index contributed by atoms with van der Waals surface area (Å²) in [4.78, 5) is 3.98. The number of nitriles is 1. The van der Waals surface area contributed by atoms with Gasteiger partial charge in [0.15, 0.2) is 0 Å². The van der Waals surface area contributed by atoms with E-state index in [1.165, 1.54) is 18.2 Å². The van der Waals surface area contributed by atoms with Crippen LogP contribution >= 0.6 is 0 Å². The van der Waals surface area contributed by atoms with Crippen LogP contribution in [0.3, 0.4) is 0 Å². The molecular weight excluding hydrogens is 381 g/mol. The summed E-state index contributed by atoms with van der Waals surface area (Å²) in [5, 5.41) is 18.5. The zero-order chi connectivity index (χ0) is 20.9. The van der Waals surface area contributed by atoms with Gasteiger partial charge in [0.2, 0.25) is 0 Å². The van der Waals surface area contributed by atoms with Crippen molar-refractivity contribution in [3.63, 3.8) is 0 Å². The molecule has 0 aliphatic rings. The SMILES string of the molecule is N#Cc1ccc(C#Cc2ccc(O)cc2C(F)(F)F)c(OCc2cccnc2)c1. The van der Waals surface area contributed by atoms with Crippen molar-refractivity contribution >= 4 is 0 Å². The van der Waals surface area contributed by atoms with E-state index in [9.17, 15) is 18.3 Å². The lowest BCUT2D eigenvalue weighted by Crippen LogP contribution is -2.07. The van der Waals surface area contributed by atoms with E-state index in [4.69, 9.17) is 10.00 Å². The van der Waals surface area contributed by atoms with Gasteiger partial charge in [0, 0.05) is 23.5 Å². The van der Waals surface area contributed by atoms with Crippen molar-refractivity contribution < 1.29 is 23.0 Å². The van der Waals surface area contributed by atoms with Gasteiger partial charge in [-0.05, 0) is 42.5 Å². The van der Waals surface area contributed by atoms with Gasteiger partial charge in [0.25, 0.3) is 0 Å². The van der Waals surface area contributed by atoms with Crippen molar-refractivity contribution in [2.45, 2.75) is 12.8 Å². The van der Waals surface area contributed by atoms with E-state index in [-0.39, 0.29) is 17.9 Å². The zero-order valence-electron chi connectivity index (χ0n) is 14.9. The summed E-state index contributed by atoms with van der Waals surface area (Å²) in [6.45, 7) is 0.157. The number of hydrogen-bond acceptors (Lipinski definition) is 4. The number of phenols is 1. The van der Waals surface area contributed by atoms with E-state index in [1.54, 1.807) is 24.5 Å². The minimum Gasteiger partial charge on any atom is -0.508 e. The maximum Gasteiger partial charge on any atom is 0.417 e. The Balaban J connectivity index is 1.96. The smallest absolute Gasteiger partial charge is 0.417 e. The first-order chi connectivity index (χ1) is 13.9. The summed E-state index contributed by atoms with van der Waals surface area (Å²) in [5.41, 5.74) is 0.132. The maximum atomic E-state index is 13.2. The molecule has 1 aromatic heterocycles. The van der Waals surface area contributed by atoms with E-state index >= 15 is 0 Å². The summed E-state index contributed by atoms with van der Waals surface area (Å²) >= 11 is 0. The number of phenolic OH excluding ortho intramolecular Hbond substituents is 1. The molecule has 0 unspecified atom stereocenters. The standard InChI is InChI=1S/C22H13F3N2O2/c23-22(24,25)20-11-19(28)8-7-17(20)5-6-18-4-3-15(12-26)10-21(18)29-14-16-2-1-9-27-13-16/h1-4,7-11,13,28H,14H2. The number of benzene rings is 2. The summed E-state index contributed by atoms with van der Waals surface area (Å²) in [7, 11) is 0. The van der Waals surface area contributed by atoms with Crippen LogP contribution in [0.2, 0.25) is 0 Å². The molecule has 0 aliphatic carbocycles. The minimum absolute atomic E-state index is 0.157. The van der Waals surface area contributed by atoms with Gasteiger partial charge in [-0.15, -0.1) is 0 Å². The van der Waals surface area contributed by atoms with Crippen LogP contribution in [0.1, 0.15) is 27.8 Å². The molecule has 0 spiro atoms. The van der Waals surface area contributed by atoms with E-state index in [2.05, 4.69) is 16.8 Å². The summed E-state index contributed by atoms with van der Waals surface area (Å²) in [6, 6.07) is 12.9. The highest BCUT2D eigenvalue weighted by atomic mass is 19.4. The molecule has 0 fully saturated rings. The second-order valence-electron chi connectivity index (χ2n) is 5.95. The number of alkyl halides is 3. The van der Waals surface area contributed by atoms with Crippen molar-refractivity contribution in [1.29, 1.82) is 5.26 Å². The zero-order valence-corrected chi connectivity index (χ0v) is 14.9. The summed E-state index contributed by atoms with van der Waals surface area (Å²) in [6.07, 6.45) is -1.43. The largest absolute Gasteiger partial charge is 0.508 e. The number of aromatic nitrogens is 1. The fraction of sp³-hybridized carbons (Fsp3) is 0.0909. The van der Waals surface area contributed by atoms with Crippen LogP contribution in [0.25, 0.3) is 0 Å². The molecule has 7 heteroatoms. The molecular formula is C22H13F3N2O2. The summed E-state index contributed by atoms with van der Waals surface area (Å²) < 4.78 is 45.3. The third-order valence-electron chi connectivity index (χ3n) is 3.87. The highest BCUT2D eigenvalue weighted by Gasteiger charge is 2.33. The number of nitrogens with zero attached hydrogens (tertiary/aromatic N) is 2. The van der Waals surface area contributed by atoms with Crippen LogP contribution in [-0.2, 0) is 12.8 Å². The minimum atomic E-state index is -4.66. The molecule has 0 radical (unpaired) electrons. The molecule has 3 rings (SSSR count). The van der Waals surface area contributed by atoms with Gasteiger partial charge in [-0.25, -0.2) is 0 Å². The number of rotatable bonds is 3. The van der Waals surface area contributed by atoms with Crippen molar-refractivity contribution in [3.8, 4) is 29.4 Å². The Labute approximate surface area is 164 Å². The topological polar surface area (TPSA) is 66.1 Å². The van der Waals surface area contributed by atoms with Crippen LogP contribution in [0.5, 0.6) is 11.5 Å². The Morgan fingerprint density at radius 2 is 1.79 bits per heavy atom. The monoisotopic (exact) mass is 394 g/mol. The average Bonchev–Trinajstić information content (AvgIpc) is 2.71. The molecule has 0 aliphatic heterocycles. The van der Waals surface area contributed by atoms with Crippen molar-refractivity contribution in [2.24, 2.45) is 0 Å². The van der Waals surface area contributed by atoms with Gasteiger partial charge in [-0.3, -0.25) is 4.98 Å². The van der Waals surface area contributed by atoms with E-state index in [0.29, 0.717) is 17.2 Å². The van der Waals surface area contributed by atoms with Crippen LogP contribution in [0.15, 0.2) is 60.9 Å². The normalized spacial score (nSPS) is 10.6. The lowest BCUT2D eigenvalue weighted by molar-refractivity contribution is -0.137. The Hall–Kier alpha value is -3.97. The average molecular weight is 394 g/mol. The first kappa shape index (κ1) is 19.8. The Bertz CT molecular complexity index is 1120. The highest BCUT2D eigenvalue weighted by Crippen LogP contribution is 2.34. The third-order valence-corrected chi connectivity index (χ3v) is 3.87. The van der Waals surface area contributed by atoms with Crippen molar-refractivity contribution in [2.75, 3.05) is 0 Å². The molecule has 2 aromatic carbocycles. The summed E-state index contributed by atoms with van der Waals surface area (Å²) in [5.74, 6) is 4.92. The molecule has 0 atom stereocenters. The molecule has 0 saturated carbocycles. The predicted octanol–water partition coefficient (Wildman–Crippen LogP) is 4.66. The van der Waals surface area contributed by atoms with Gasteiger partial charge in [-0.1, -0.05) is 17.9 Å². The van der Waals surface area contributed by atoms with Gasteiger partial charge in [0.05, 0.1) is 22.8 Å². The third kappa shape index (κ3) is 5.06. The fourth-order valence-electron chi connectivity index (χ4n) is 2.47. The quantitative estimate of drug-likeness (QED) is 0.657. The van der Waals surface area contributed by atoms with Crippen molar-refractivity contribution in [3.05, 3.63) is 88.7 Å². The van der Waals surface area contributed by atoms with E-state index in [1.807, 2.05) is 6.07 Å². The number of aromatic hydroxyl groups is 1. The molecule has 144 valence electrons. The Morgan fingerprint density at radius 3 is 2.48 bits per heavy atom. The van der Waals surface area contributed by atoms with Crippen LogP contribution in [0.4, 0.5) is 13.2 Å². The van der Waals surface area contributed by atoms with Gasteiger partial charge in [-0.2, -0.15) is 18.4 Å². The molecule has 0 bridgehead atoms. The van der Waals surface area contributed by atoms with Crippen LogP contribution in [0, 0.1) is 23.2 Å². The number of pyridine rings is 1. The molecule has 0 amide bonds. The molecule has 3 aromatic rings. The van der Waals surface area contributed by atoms with Crippen LogP contribution < -0.4 is 4.74 Å². The van der Waals surface area contributed by atoms with E-state index < -0.39 is 17.5 Å². The van der Waals surface area contributed by atoms with Gasteiger partial charge >= 0.3 is 6.18 Å². The first-order valence-electron chi connectivity index (χ1n) is 8.35. The Kier molecular flexibility index (Phi) is 5.71. The molecule has 1 heterocycles. The van der Waals surface area contributed by atoms with Crippen LogP contribution in [-0.4, -0.2) is 10.1 Å². The molecule has 29 heavy (non-hydrogen) atoms. The maximum absolute atomic E-state index is 13.2. The highest BCUT2D eigenvalue weighted by molar-refractivity contribution is 5.55. The fourth-order valence-corrected chi connectivity index (χ4v) is 2.47. The first-order valence-corrected chi connectivity index (χ1v) is 8.35. The molecule has 1 N–H and O–H groups in total. The number of ether oxygens (including phenoxy) is 1. The van der Waals surface area contributed by atoms with Gasteiger partial charge in [0.1, 0.15) is 18.1 Å².